The third-order valence-electron chi connectivity index (χ3n) is 21.2. The summed E-state index contributed by atoms with van der Waals surface area (Å²) in [6.07, 6.45) is 17.2. The first kappa shape index (κ1) is 49.2. The van der Waals surface area contributed by atoms with Crippen LogP contribution in [0.4, 0.5) is 34.1 Å². The molecule has 16 rings (SSSR count). The Bertz CT molecular complexity index is 3190. The maximum Gasteiger partial charge on any atom is 0.0775 e. The van der Waals surface area contributed by atoms with Crippen molar-refractivity contribution in [3.8, 4) is 0 Å². The van der Waals surface area contributed by atoms with Gasteiger partial charge in [0.05, 0.1) is 27.5 Å². The minimum atomic E-state index is -1.53. The van der Waals surface area contributed by atoms with E-state index in [2.05, 4.69) is 210 Å². The summed E-state index contributed by atoms with van der Waals surface area (Å²) < 4.78 is 0. The van der Waals surface area contributed by atoms with Crippen LogP contribution < -0.4 is 20.2 Å². The molecular formula is C72H84N2Si2. The number of anilines is 6. The van der Waals surface area contributed by atoms with Crippen molar-refractivity contribution in [1.82, 2.24) is 0 Å². The van der Waals surface area contributed by atoms with Crippen LogP contribution in [-0.4, -0.2) is 16.1 Å². The molecule has 0 radical (unpaired) electrons. The van der Waals surface area contributed by atoms with Gasteiger partial charge in [0.1, 0.15) is 0 Å². The fourth-order valence-corrected chi connectivity index (χ4v) is 20.6. The molecule has 8 fully saturated rings. The Hall–Kier alpha value is -5.17. The smallest absolute Gasteiger partial charge is 0.0775 e. The molecule has 0 unspecified atom stereocenters. The van der Waals surface area contributed by atoms with Crippen LogP contribution in [0.3, 0.4) is 0 Å². The largest absolute Gasteiger partial charge is 0.310 e. The standard InChI is InChI=1S/C72H84N2Si2/c1-45(2)65-37-67(73(57-19-23-59(24-20-57)75(5,6)7)55-15-11-53(12-16-55)71-39-47-31-48(40-71)33-49(32-47)41-71)63-30-28-62-66(46(3)4)38-68(64-29-27-61(65)69(63)70(62)64)74(58-21-25-60(26-22-58)76(8,9)10)56-17-13-54(14-18-56)72-42-50-34-51(43-72)36-52(35-50)44-72/h11-30,37-38,45-52H,31-36,39-44H2,1-10H3. The van der Waals surface area contributed by atoms with Crippen molar-refractivity contribution in [3.63, 3.8) is 0 Å². The van der Waals surface area contributed by atoms with Gasteiger partial charge in [-0.05, 0) is 240 Å². The molecule has 0 amide bonds. The monoisotopic (exact) mass is 1030 g/mol. The molecule has 8 aromatic rings. The van der Waals surface area contributed by atoms with E-state index in [0.29, 0.717) is 22.7 Å². The molecule has 8 aliphatic carbocycles. The summed E-state index contributed by atoms with van der Waals surface area (Å²) in [7, 11) is -3.06. The number of hydrogen-bond acceptors (Lipinski definition) is 2. The number of benzene rings is 8. The minimum absolute atomic E-state index is 0.329. The average Bonchev–Trinajstić information content (AvgIpc) is 3.40. The van der Waals surface area contributed by atoms with E-state index >= 15 is 0 Å². The van der Waals surface area contributed by atoms with Crippen LogP contribution in [0.5, 0.6) is 0 Å². The SMILES string of the molecule is CC(C)c1cc(N(c2ccc(C34CC5CC(CC(C5)C3)C4)cc2)c2ccc([Si](C)(C)C)cc2)c2ccc3c(C(C)C)cc(N(c4ccc(C56CC7CC(CC(C7)C5)C6)cc4)c4ccc([Si](C)(C)C)cc4)c4ccc1c2c34. The molecule has 8 aliphatic rings. The molecule has 0 saturated heterocycles. The Morgan fingerprint density at radius 1 is 0.355 bits per heavy atom. The first-order valence-corrected chi connectivity index (χ1v) is 37.2. The molecule has 0 aliphatic heterocycles. The number of rotatable bonds is 12. The lowest BCUT2D eigenvalue weighted by molar-refractivity contribution is -0.00530. The molecular weight excluding hydrogens is 949 g/mol. The highest BCUT2D eigenvalue weighted by Crippen LogP contribution is 2.63. The van der Waals surface area contributed by atoms with E-state index in [-0.39, 0.29) is 0 Å². The predicted octanol–water partition coefficient (Wildman–Crippen LogP) is 19.8. The molecule has 8 bridgehead atoms. The highest BCUT2D eigenvalue weighted by atomic mass is 28.3. The molecule has 0 N–H and O–H groups in total. The zero-order valence-electron chi connectivity index (χ0n) is 47.7. The van der Waals surface area contributed by atoms with E-state index in [1.807, 2.05) is 0 Å². The van der Waals surface area contributed by atoms with Gasteiger partial charge in [-0.1, -0.05) is 150 Å². The second kappa shape index (κ2) is 17.7. The van der Waals surface area contributed by atoms with E-state index < -0.39 is 16.1 Å². The normalized spacial score (nSPS) is 26.8. The first-order valence-electron chi connectivity index (χ1n) is 30.2. The van der Waals surface area contributed by atoms with Crippen molar-refractivity contribution >= 4 is 93.0 Å². The lowest BCUT2D eigenvalue weighted by Crippen LogP contribution is -2.48. The van der Waals surface area contributed by atoms with E-state index in [1.54, 1.807) is 11.1 Å². The summed E-state index contributed by atoms with van der Waals surface area (Å²) in [6, 6.07) is 54.9. The van der Waals surface area contributed by atoms with Gasteiger partial charge < -0.3 is 9.80 Å². The van der Waals surface area contributed by atoms with Gasteiger partial charge in [-0.2, -0.15) is 0 Å². The molecule has 4 heteroatoms. The van der Waals surface area contributed by atoms with Gasteiger partial charge in [0.25, 0.3) is 0 Å². The van der Waals surface area contributed by atoms with E-state index in [4.69, 9.17) is 0 Å². The van der Waals surface area contributed by atoms with Crippen LogP contribution in [-0.2, 0) is 10.8 Å². The minimum Gasteiger partial charge on any atom is -0.310 e. The Morgan fingerprint density at radius 2 is 0.618 bits per heavy atom. The van der Waals surface area contributed by atoms with Gasteiger partial charge in [-0.25, -0.2) is 0 Å². The van der Waals surface area contributed by atoms with Crippen molar-refractivity contribution in [1.29, 1.82) is 0 Å². The molecule has 0 spiro atoms. The summed E-state index contributed by atoms with van der Waals surface area (Å²) >= 11 is 0. The van der Waals surface area contributed by atoms with Crippen LogP contribution in [0, 0.1) is 35.5 Å². The highest BCUT2D eigenvalue weighted by molar-refractivity contribution is 6.89. The molecule has 0 atom stereocenters. The van der Waals surface area contributed by atoms with Crippen LogP contribution in [0.15, 0.2) is 133 Å². The van der Waals surface area contributed by atoms with E-state index in [1.165, 1.54) is 165 Å². The fraction of sp³-hybridized carbons (Fsp3) is 0.444. The maximum absolute atomic E-state index is 2.64. The zero-order valence-corrected chi connectivity index (χ0v) is 49.7. The third kappa shape index (κ3) is 8.01. The summed E-state index contributed by atoms with van der Waals surface area (Å²) in [5.41, 5.74) is 14.3. The zero-order chi connectivity index (χ0) is 52.2. The topological polar surface area (TPSA) is 6.48 Å². The van der Waals surface area contributed by atoms with E-state index in [9.17, 15) is 0 Å². The summed E-state index contributed by atoms with van der Waals surface area (Å²) in [6.45, 7) is 24.5. The molecule has 390 valence electrons. The lowest BCUT2D eigenvalue weighted by Gasteiger charge is -2.57. The second-order valence-corrected chi connectivity index (χ2v) is 39.3. The van der Waals surface area contributed by atoms with Gasteiger partial charge >= 0.3 is 0 Å². The van der Waals surface area contributed by atoms with Crippen molar-refractivity contribution in [2.45, 2.75) is 167 Å². The Kier molecular flexibility index (Phi) is 11.4. The van der Waals surface area contributed by atoms with Crippen LogP contribution in [0.1, 0.15) is 139 Å². The van der Waals surface area contributed by atoms with Gasteiger partial charge in [-0.3, -0.25) is 0 Å². The number of nitrogens with zero attached hydrogens (tertiary/aromatic N) is 2. The van der Waals surface area contributed by atoms with Crippen LogP contribution >= 0.6 is 0 Å². The first-order chi connectivity index (χ1) is 36.4. The van der Waals surface area contributed by atoms with Gasteiger partial charge in [-0.15, -0.1) is 0 Å². The molecule has 2 nitrogen and oxygen atoms in total. The molecule has 8 saturated carbocycles. The number of hydrogen-bond donors (Lipinski definition) is 0. The van der Waals surface area contributed by atoms with Crippen LogP contribution in [0.25, 0.3) is 32.3 Å². The van der Waals surface area contributed by atoms with Gasteiger partial charge in [0.15, 0.2) is 0 Å². The Balaban J connectivity index is 0.972. The van der Waals surface area contributed by atoms with Crippen molar-refractivity contribution in [2.75, 3.05) is 9.80 Å². The van der Waals surface area contributed by atoms with Gasteiger partial charge in [0, 0.05) is 33.5 Å². The quantitative estimate of drug-likeness (QED) is 0.0889. The summed E-state index contributed by atoms with van der Waals surface area (Å²) in [5, 5.41) is 11.2. The highest BCUT2D eigenvalue weighted by Gasteiger charge is 2.53. The van der Waals surface area contributed by atoms with Gasteiger partial charge in [0.2, 0.25) is 0 Å². The molecule has 0 heterocycles. The third-order valence-corrected chi connectivity index (χ3v) is 25.3. The molecule has 0 aromatic heterocycles. The second-order valence-electron chi connectivity index (χ2n) is 29.1. The van der Waals surface area contributed by atoms with Crippen LogP contribution in [0.2, 0.25) is 39.3 Å². The van der Waals surface area contributed by atoms with E-state index in [0.717, 1.165) is 35.5 Å². The molecule has 8 aromatic carbocycles. The van der Waals surface area contributed by atoms with Crippen molar-refractivity contribution < 1.29 is 0 Å². The predicted molar refractivity (Wildman–Crippen MR) is 333 cm³/mol. The Morgan fingerprint density at radius 3 is 0.882 bits per heavy atom. The maximum atomic E-state index is 2.64. The molecule has 76 heavy (non-hydrogen) atoms. The van der Waals surface area contributed by atoms with Crippen molar-refractivity contribution in [2.24, 2.45) is 35.5 Å². The summed E-state index contributed by atoms with van der Waals surface area (Å²) in [4.78, 5) is 5.27. The average molecular weight is 1030 g/mol. The van der Waals surface area contributed by atoms with Crippen molar-refractivity contribution in [3.05, 3.63) is 156 Å². The summed E-state index contributed by atoms with van der Waals surface area (Å²) in [5.74, 6) is 6.21. The Labute approximate surface area is 458 Å². The lowest BCUT2D eigenvalue weighted by atomic mass is 9.48. The fourth-order valence-electron chi connectivity index (χ4n) is 18.3.